The van der Waals surface area contributed by atoms with E-state index in [4.69, 9.17) is 4.74 Å². The van der Waals surface area contributed by atoms with Crippen molar-refractivity contribution in [2.45, 2.75) is 50.9 Å². The Morgan fingerprint density at radius 1 is 1.47 bits per heavy atom. The second kappa shape index (κ2) is 5.98. The van der Waals surface area contributed by atoms with Gasteiger partial charge in [0.2, 0.25) is 0 Å². The molecule has 1 saturated carbocycles. The third-order valence-corrected chi connectivity index (χ3v) is 3.68. The van der Waals surface area contributed by atoms with Gasteiger partial charge in [0.15, 0.2) is 0 Å². The van der Waals surface area contributed by atoms with Crippen LogP contribution in [0.1, 0.15) is 32.6 Å². The summed E-state index contributed by atoms with van der Waals surface area (Å²) in [6.45, 7) is 8.56. The molecule has 17 heavy (non-hydrogen) atoms. The van der Waals surface area contributed by atoms with Crippen LogP contribution in [0.3, 0.4) is 0 Å². The number of hydrogen-bond acceptors (Lipinski definition) is 3. The molecule has 0 aromatic carbocycles. The Morgan fingerprint density at radius 2 is 2.24 bits per heavy atom. The molecule has 1 N–H and O–H groups in total. The van der Waals surface area contributed by atoms with Crippen molar-refractivity contribution in [1.82, 2.24) is 4.90 Å². The van der Waals surface area contributed by atoms with Crippen molar-refractivity contribution in [3.8, 4) is 0 Å². The molecule has 2 fully saturated rings. The SMILES string of the molecule is C=CCC[C@H](O)CN1C[C@@H](C2CC2)O[C@@H](C)C1. The Balaban J connectivity index is 1.76. The molecule has 0 bridgehead atoms. The highest BCUT2D eigenvalue weighted by Crippen LogP contribution is 2.36. The van der Waals surface area contributed by atoms with Gasteiger partial charge < -0.3 is 9.84 Å². The molecule has 0 aromatic heterocycles. The van der Waals surface area contributed by atoms with E-state index in [0.29, 0.717) is 12.2 Å². The molecule has 2 aliphatic rings. The standard InChI is InChI=1S/C14H25NO2/c1-3-4-5-13(16)9-15-8-11(2)17-14(10-15)12-6-7-12/h3,11-14,16H,1,4-10H2,2H3/t11-,13-,14-/m0/s1. The summed E-state index contributed by atoms with van der Waals surface area (Å²) in [6.07, 6.45) is 6.73. The molecule has 3 nitrogen and oxygen atoms in total. The fourth-order valence-electron chi connectivity index (χ4n) is 2.65. The van der Waals surface area contributed by atoms with Crippen LogP contribution < -0.4 is 0 Å². The summed E-state index contributed by atoms with van der Waals surface area (Å²) in [6, 6.07) is 0. The molecule has 0 spiro atoms. The van der Waals surface area contributed by atoms with Gasteiger partial charge in [-0.05, 0) is 38.5 Å². The smallest absolute Gasteiger partial charge is 0.0734 e. The number of β-amino-alcohol motifs (C(OH)–C–C–N with tert-alkyl or cyclic N) is 1. The zero-order valence-corrected chi connectivity index (χ0v) is 10.8. The molecular weight excluding hydrogens is 214 g/mol. The van der Waals surface area contributed by atoms with Crippen molar-refractivity contribution < 1.29 is 9.84 Å². The maximum Gasteiger partial charge on any atom is 0.0734 e. The van der Waals surface area contributed by atoms with Crippen LogP contribution in [0.5, 0.6) is 0 Å². The van der Waals surface area contributed by atoms with Gasteiger partial charge in [0, 0.05) is 19.6 Å². The second-order valence-electron chi connectivity index (χ2n) is 5.56. The van der Waals surface area contributed by atoms with E-state index < -0.39 is 0 Å². The topological polar surface area (TPSA) is 32.7 Å². The van der Waals surface area contributed by atoms with E-state index in [9.17, 15) is 5.11 Å². The first-order valence-electron chi connectivity index (χ1n) is 6.85. The van der Waals surface area contributed by atoms with E-state index in [1.54, 1.807) is 0 Å². The van der Waals surface area contributed by atoms with Gasteiger partial charge in [-0.15, -0.1) is 6.58 Å². The molecule has 0 aromatic rings. The van der Waals surface area contributed by atoms with Crippen molar-refractivity contribution in [2.24, 2.45) is 5.92 Å². The lowest BCUT2D eigenvalue weighted by atomic mass is 10.1. The Bertz CT molecular complexity index is 253. The van der Waals surface area contributed by atoms with E-state index in [1.165, 1.54) is 12.8 Å². The fourth-order valence-corrected chi connectivity index (χ4v) is 2.65. The molecule has 2 rings (SSSR count). The Hall–Kier alpha value is -0.380. The third-order valence-electron chi connectivity index (χ3n) is 3.68. The second-order valence-corrected chi connectivity index (χ2v) is 5.56. The first-order valence-corrected chi connectivity index (χ1v) is 6.85. The number of morpholine rings is 1. The molecule has 1 aliphatic carbocycles. The van der Waals surface area contributed by atoms with Gasteiger partial charge in [-0.25, -0.2) is 0 Å². The van der Waals surface area contributed by atoms with Crippen LogP contribution in [0.2, 0.25) is 0 Å². The zero-order chi connectivity index (χ0) is 12.3. The number of aliphatic hydroxyl groups is 1. The van der Waals surface area contributed by atoms with Crippen LogP contribution in [0.15, 0.2) is 12.7 Å². The molecule has 98 valence electrons. The molecular formula is C14H25NO2. The fraction of sp³-hybridized carbons (Fsp3) is 0.857. The number of nitrogens with zero attached hydrogens (tertiary/aromatic N) is 1. The summed E-state index contributed by atoms with van der Waals surface area (Å²) in [4.78, 5) is 2.37. The summed E-state index contributed by atoms with van der Waals surface area (Å²) < 4.78 is 5.96. The number of ether oxygens (including phenoxy) is 1. The van der Waals surface area contributed by atoms with Crippen LogP contribution in [0, 0.1) is 5.92 Å². The van der Waals surface area contributed by atoms with Crippen LogP contribution >= 0.6 is 0 Å². The highest BCUT2D eigenvalue weighted by Gasteiger charge is 2.37. The lowest BCUT2D eigenvalue weighted by molar-refractivity contribution is -0.0932. The number of allylic oxidation sites excluding steroid dienone is 1. The van der Waals surface area contributed by atoms with Crippen molar-refractivity contribution in [3.05, 3.63) is 12.7 Å². The van der Waals surface area contributed by atoms with Crippen LogP contribution in [-0.4, -0.2) is 48.0 Å². The summed E-state index contributed by atoms with van der Waals surface area (Å²) in [7, 11) is 0. The minimum Gasteiger partial charge on any atom is -0.392 e. The normalized spacial score (nSPS) is 32.4. The molecule has 1 saturated heterocycles. The monoisotopic (exact) mass is 239 g/mol. The van der Waals surface area contributed by atoms with Gasteiger partial charge in [-0.2, -0.15) is 0 Å². The van der Waals surface area contributed by atoms with Crippen molar-refractivity contribution in [1.29, 1.82) is 0 Å². The van der Waals surface area contributed by atoms with E-state index in [-0.39, 0.29) is 6.10 Å². The van der Waals surface area contributed by atoms with Gasteiger partial charge >= 0.3 is 0 Å². The van der Waals surface area contributed by atoms with Gasteiger partial charge in [0.25, 0.3) is 0 Å². The van der Waals surface area contributed by atoms with E-state index in [1.807, 2.05) is 6.08 Å². The minimum atomic E-state index is -0.224. The molecule has 3 atom stereocenters. The predicted octanol–water partition coefficient (Wildman–Crippen LogP) is 1.81. The van der Waals surface area contributed by atoms with Gasteiger partial charge in [0.05, 0.1) is 18.3 Å². The summed E-state index contributed by atoms with van der Waals surface area (Å²) in [5.41, 5.74) is 0. The average Bonchev–Trinajstić information content (AvgIpc) is 3.09. The molecule has 3 heteroatoms. The zero-order valence-electron chi connectivity index (χ0n) is 10.8. The van der Waals surface area contributed by atoms with E-state index in [2.05, 4.69) is 18.4 Å². The van der Waals surface area contributed by atoms with Crippen LogP contribution in [-0.2, 0) is 4.74 Å². The van der Waals surface area contributed by atoms with E-state index in [0.717, 1.165) is 38.4 Å². The maximum absolute atomic E-state index is 9.93. The Morgan fingerprint density at radius 3 is 2.88 bits per heavy atom. The summed E-state index contributed by atoms with van der Waals surface area (Å²) >= 11 is 0. The van der Waals surface area contributed by atoms with Gasteiger partial charge in [-0.3, -0.25) is 4.90 Å². The lowest BCUT2D eigenvalue weighted by Crippen LogP contribution is -2.49. The maximum atomic E-state index is 9.93. The predicted molar refractivity (Wildman–Crippen MR) is 68.9 cm³/mol. The average molecular weight is 239 g/mol. The number of hydrogen-bond donors (Lipinski definition) is 1. The van der Waals surface area contributed by atoms with Gasteiger partial charge in [-0.1, -0.05) is 6.08 Å². The summed E-state index contributed by atoms with van der Waals surface area (Å²) in [5.74, 6) is 0.783. The third kappa shape index (κ3) is 4.09. The number of aliphatic hydroxyl groups excluding tert-OH is 1. The molecule has 0 amide bonds. The highest BCUT2D eigenvalue weighted by molar-refractivity contribution is 4.88. The van der Waals surface area contributed by atoms with Crippen molar-refractivity contribution in [2.75, 3.05) is 19.6 Å². The number of rotatable bonds is 6. The van der Waals surface area contributed by atoms with Crippen molar-refractivity contribution >= 4 is 0 Å². The van der Waals surface area contributed by atoms with Crippen molar-refractivity contribution in [3.63, 3.8) is 0 Å². The Labute approximate surface area is 104 Å². The highest BCUT2D eigenvalue weighted by atomic mass is 16.5. The first-order chi connectivity index (χ1) is 8.19. The lowest BCUT2D eigenvalue weighted by Gasteiger charge is -2.37. The Kier molecular flexibility index (Phi) is 4.60. The molecule has 1 aliphatic heterocycles. The van der Waals surface area contributed by atoms with Gasteiger partial charge in [0.1, 0.15) is 0 Å². The molecule has 0 radical (unpaired) electrons. The van der Waals surface area contributed by atoms with Crippen LogP contribution in [0.4, 0.5) is 0 Å². The first kappa shape index (κ1) is 13.1. The largest absolute Gasteiger partial charge is 0.392 e. The quantitative estimate of drug-likeness (QED) is 0.718. The molecule has 0 unspecified atom stereocenters. The van der Waals surface area contributed by atoms with Crippen LogP contribution in [0.25, 0.3) is 0 Å². The minimum absolute atomic E-state index is 0.224. The summed E-state index contributed by atoms with van der Waals surface area (Å²) in [5, 5.41) is 9.93. The molecule has 1 heterocycles. The van der Waals surface area contributed by atoms with E-state index >= 15 is 0 Å².